The summed E-state index contributed by atoms with van der Waals surface area (Å²) in [6.45, 7) is 4.48. The average molecular weight is 616 g/mol. The summed E-state index contributed by atoms with van der Waals surface area (Å²) in [5.41, 5.74) is 9.68. The highest BCUT2D eigenvalue weighted by Gasteiger charge is 2.18. The van der Waals surface area contributed by atoms with Gasteiger partial charge in [-0.3, -0.25) is 0 Å². The van der Waals surface area contributed by atoms with E-state index in [1.165, 1.54) is 43.4 Å². The van der Waals surface area contributed by atoms with Crippen LogP contribution in [0.25, 0.3) is 32.3 Å². The number of nitrogens with zero attached hydrogens (tertiary/aromatic N) is 3. The van der Waals surface area contributed by atoms with Gasteiger partial charge in [0.15, 0.2) is 0 Å². The van der Waals surface area contributed by atoms with Gasteiger partial charge in [-0.05, 0) is 142 Å². The number of para-hydroxylation sites is 2. The molecule has 8 aromatic rings. The number of rotatable bonds is 6. The summed E-state index contributed by atoms with van der Waals surface area (Å²) in [4.78, 5) is 4.60. The Morgan fingerprint density at radius 3 is 1.33 bits per heavy atom. The Labute approximate surface area is 281 Å². The van der Waals surface area contributed by atoms with Crippen molar-refractivity contribution < 1.29 is 0 Å². The Morgan fingerprint density at radius 1 is 0.375 bits per heavy atom. The predicted octanol–water partition coefficient (Wildman–Crippen LogP) is 12.6. The van der Waals surface area contributed by atoms with Crippen molar-refractivity contribution in [3.8, 4) is 6.07 Å². The fraction of sp³-hybridized carbons (Fsp3) is 0.0444. The topological polar surface area (TPSA) is 30.3 Å². The van der Waals surface area contributed by atoms with Crippen LogP contribution >= 0.6 is 0 Å². The summed E-state index contributed by atoms with van der Waals surface area (Å²) in [6.07, 6.45) is 0. The van der Waals surface area contributed by atoms with E-state index in [0.29, 0.717) is 5.56 Å². The molecule has 0 aromatic heterocycles. The van der Waals surface area contributed by atoms with Gasteiger partial charge in [-0.15, -0.1) is 0 Å². The van der Waals surface area contributed by atoms with E-state index in [1.54, 1.807) is 0 Å². The minimum absolute atomic E-state index is 0.647. The van der Waals surface area contributed by atoms with Crippen LogP contribution in [0, 0.1) is 25.2 Å². The number of hydrogen-bond donors (Lipinski definition) is 0. The van der Waals surface area contributed by atoms with Gasteiger partial charge in [0.1, 0.15) is 0 Å². The molecule has 0 N–H and O–H groups in total. The normalized spacial score (nSPS) is 11.1. The van der Waals surface area contributed by atoms with E-state index < -0.39 is 0 Å². The van der Waals surface area contributed by atoms with Gasteiger partial charge in [-0.1, -0.05) is 78.9 Å². The van der Waals surface area contributed by atoms with Crippen molar-refractivity contribution in [2.24, 2.45) is 0 Å². The Balaban J connectivity index is 1.28. The Bertz CT molecular complexity index is 2480. The van der Waals surface area contributed by atoms with Crippen molar-refractivity contribution in [2.45, 2.75) is 13.8 Å². The van der Waals surface area contributed by atoms with Crippen LogP contribution in [0.3, 0.4) is 0 Å². The fourth-order valence-corrected chi connectivity index (χ4v) is 6.96. The lowest BCUT2D eigenvalue weighted by Gasteiger charge is -2.27. The lowest BCUT2D eigenvalue weighted by Crippen LogP contribution is -2.10. The lowest BCUT2D eigenvalue weighted by molar-refractivity contribution is 1.28. The van der Waals surface area contributed by atoms with E-state index in [-0.39, 0.29) is 0 Å². The molecular formula is C45H33N3. The number of nitriles is 1. The summed E-state index contributed by atoms with van der Waals surface area (Å²) >= 11 is 0. The third-order valence-electron chi connectivity index (χ3n) is 9.41. The van der Waals surface area contributed by atoms with E-state index in [4.69, 9.17) is 0 Å². The Morgan fingerprint density at radius 2 is 0.792 bits per heavy atom. The molecule has 48 heavy (non-hydrogen) atoms. The third-order valence-corrected chi connectivity index (χ3v) is 9.41. The molecule has 0 radical (unpaired) electrons. The van der Waals surface area contributed by atoms with E-state index >= 15 is 0 Å². The molecular weight excluding hydrogens is 583 g/mol. The third kappa shape index (κ3) is 5.11. The highest BCUT2D eigenvalue weighted by Crippen LogP contribution is 2.42. The molecule has 0 aliphatic rings. The summed E-state index contributed by atoms with van der Waals surface area (Å²) in [5.74, 6) is 0. The molecule has 0 amide bonds. The molecule has 0 bridgehead atoms. The quantitative estimate of drug-likeness (QED) is 0.174. The largest absolute Gasteiger partial charge is 0.310 e. The van der Waals surface area contributed by atoms with Crippen LogP contribution in [-0.4, -0.2) is 0 Å². The first-order valence-electron chi connectivity index (χ1n) is 16.2. The number of benzene rings is 8. The SMILES string of the molecule is Cc1c2ccc(N(c3ccccc3)c3ccc4ccccc4c3)cc2c(C)c2ccc(N(c3ccccc3)c3ccc(C#N)cc3)cc12. The maximum absolute atomic E-state index is 9.40. The summed E-state index contributed by atoms with van der Waals surface area (Å²) < 4.78 is 0. The predicted molar refractivity (Wildman–Crippen MR) is 203 cm³/mol. The van der Waals surface area contributed by atoms with Gasteiger partial charge < -0.3 is 9.80 Å². The second kappa shape index (κ2) is 12.1. The van der Waals surface area contributed by atoms with Crippen molar-refractivity contribution in [3.05, 3.63) is 180 Å². The number of fused-ring (bicyclic) bond motifs is 3. The zero-order valence-electron chi connectivity index (χ0n) is 26.9. The fourth-order valence-electron chi connectivity index (χ4n) is 6.96. The monoisotopic (exact) mass is 615 g/mol. The molecule has 0 heterocycles. The molecule has 228 valence electrons. The van der Waals surface area contributed by atoms with Gasteiger partial charge in [0.25, 0.3) is 0 Å². The molecule has 0 saturated heterocycles. The molecule has 3 nitrogen and oxygen atoms in total. The molecule has 0 atom stereocenters. The van der Waals surface area contributed by atoms with Crippen LogP contribution in [0.2, 0.25) is 0 Å². The van der Waals surface area contributed by atoms with Crippen LogP contribution in [0.1, 0.15) is 16.7 Å². The van der Waals surface area contributed by atoms with Crippen LogP contribution in [-0.2, 0) is 0 Å². The van der Waals surface area contributed by atoms with Crippen LogP contribution < -0.4 is 9.80 Å². The van der Waals surface area contributed by atoms with Crippen molar-refractivity contribution in [2.75, 3.05) is 9.80 Å². The van der Waals surface area contributed by atoms with Crippen molar-refractivity contribution in [1.82, 2.24) is 0 Å². The molecule has 0 saturated carbocycles. The van der Waals surface area contributed by atoms with Gasteiger partial charge in [0.2, 0.25) is 0 Å². The Kier molecular flexibility index (Phi) is 7.32. The second-order valence-corrected chi connectivity index (χ2v) is 12.2. The molecule has 3 heteroatoms. The van der Waals surface area contributed by atoms with Gasteiger partial charge in [0.05, 0.1) is 11.6 Å². The number of hydrogen-bond acceptors (Lipinski definition) is 3. The zero-order chi connectivity index (χ0) is 32.6. The first kappa shape index (κ1) is 29.1. The molecule has 0 unspecified atom stereocenters. The maximum Gasteiger partial charge on any atom is 0.0991 e. The first-order chi connectivity index (χ1) is 23.6. The van der Waals surface area contributed by atoms with Gasteiger partial charge >= 0.3 is 0 Å². The lowest BCUT2D eigenvalue weighted by atomic mass is 9.92. The molecule has 0 spiro atoms. The van der Waals surface area contributed by atoms with Crippen LogP contribution in [0.5, 0.6) is 0 Å². The summed E-state index contributed by atoms with van der Waals surface area (Å²) in [5, 5.41) is 16.8. The highest BCUT2D eigenvalue weighted by molar-refractivity contribution is 6.08. The minimum atomic E-state index is 0.647. The van der Waals surface area contributed by atoms with Crippen molar-refractivity contribution in [1.29, 1.82) is 5.26 Å². The van der Waals surface area contributed by atoms with Crippen molar-refractivity contribution in [3.63, 3.8) is 0 Å². The molecule has 0 fully saturated rings. The highest BCUT2D eigenvalue weighted by atomic mass is 15.1. The zero-order valence-corrected chi connectivity index (χ0v) is 26.9. The van der Waals surface area contributed by atoms with Crippen LogP contribution in [0.4, 0.5) is 34.1 Å². The summed E-state index contributed by atoms with van der Waals surface area (Å²) in [7, 11) is 0. The Hall–Kier alpha value is -6.37. The summed E-state index contributed by atoms with van der Waals surface area (Å²) in [6, 6.07) is 59.9. The van der Waals surface area contributed by atoms with E-state index in [9.17, 15) is 5.26 Å². The van der Waals surface area contributed by atoms with Crippen molar-refractivity contribution >= 4 is 66.4 Å². The number of anilines is 6. The maximum atomic E-state index is 9.40. The van der Waals surface area contributed by atoms with Crippen LogP contribution in [0.15, 0.2) is 164 Å². The van der Waals surface area contributed by atoms with Gasteiger partial charge in [0, 0.05) is 34.1 Å². The molecule has 8 aromatic carbocycles. The van der Waals surface area contributed by atoms with E-state index in [2.05, 4.69) is 163 Å². The molecule has 0 aliphatic heterocycles. The van der Waals surface area contributed by atoms with Gasteiger partial charge in [-0.2, -0.15) is 5.26 Å². The molecule has 8 rings (SSSR count). The first-order valence-corrected chi connectivity index (χ1v) is 16.2. The minimum Gasteiger partial charge on any atom is -0.310 e. The second-order valence-electron chi connectivity index (χ2n) is 12.2. The average Bonchev–Trinajstić information content (AvgIpc) is 3.15. The van der Waals surface area contributed by atoms with E-state index in [1.807, 2.05) is 30.3 Å². The number of aryl methyl sites for hydroxylation is 2. The standard InChI is InChI=1S/C45H33N3/c1-31-43-26-24-41(48(37-15-7-4-8-16-37)39-22-19-34-11-9-10-12-35(34)27-39)29-45(43)32(2)42-25-23-40(28-44(31)42)47(36-13-5-3-6-14-36)38-20-17-33(30-46)18-21-38/h3-29H,1-2H3. The smallest absolute Gasteiger partial charge is 0.0991 e. The van der Waals surface area contributed by atoms with Gasteiger partial charge in [-0.25, -0.2) is 0 Å². The van der Waals surface area contributed by atoms with E-state index in [0.717, 1.165) is 34.1 Å². The molecule has 0 aliphatic carbocycles.